The molecule has 2 aromatic carbocycles. The number of alkyl halides is 6. The first-order valence-electron chi connectivity index (χ1n) is 17.0. The molecule has 12 nitrogen and oxygen atoms in total. The molecule has 18 heteroatoms. The minimum absolute atomic E-state index is 0.148. The smallest absolute Gasteiger partial charge is 0.311 e. The zero-order valence-corrected chi connectivity index (χ0v) is 28.8. The summed E-state index contributed by atoms with van der Waals surface area (Å²) in [6.07, 6.45) is -5.53. The minimum atomic E-state index is -4.36. The van der Waals surface area contributed by atoms with Gasteiger partial charge in [0.2, 0.25) is 0 Å². The SMILES string of the molecule is Cc1nc(-c2nnc3n2CCC[C@@H]3c2ccc(C(F)(F)F)cc2)cc(=O)[nH]1.Cc1nc(-c2nnc3n2CCC[C@H]3c2ccc(C(F)(F)F)cc2)cc(=O)[nH]1. The van der Waals surface area contributed by atoms with E-state index in [4.69, 9.17) is 0 Å². The molecule has 280 valence electrons. The molecular weight excluding hydrogens is 718 g/mol. The van der Waals surface area contributed by atoms with E-state index in [1.165, 1.54) is 36.4 Å². The number of hydrogen-bond acceptors (Lipinski definition) is 8. The number of fused-ring (bicyclic) bond motifs is 2. The molecule has 0 saturated heterocycles. The van der Waals surface area contributed by atoms with Gasteiger partial charge in [0.15, 0.2) is 11.6 Å². The van der Waals surface area contributed by atoms with Crippen LogP contribution in [0.2, 0.25) is 0 Å². The zero-order valence-electron chi connectivity index (χ0n) is 28.8. The van der Waals surface area contributed by atoms with Gasteiger partial charge in [-0.3, -0.25) is 9.59 Å². The van der Waals surface area contributed by atoms with Crippen molar-refractivity contribution in [3.05, 3.63) is 127 Å². The first-order chi connectivity index (χ1) is 25.7. The Hall–Kier alpha value is -5.94. The third-order valence-corrected chi connectivity index (χ3v) is 9.39. The van der Waals surface area contributed by atoms with Gasteiger partial charge in [-0.1, -0.05) is 24.3 Å². The zero-order chi connectivity index (χ0) is 38.4. The molecule has 54 heavy (non-hydrogen) atoms. The summed E-state index contributed by atoms with van der Waals surface area (Å²) in [4.78, 5) is 37.3. The summed E-state index contributed by atoms with van der Waals surface area (Å²) in [6, 6.07) is 13.1. The number of benzene rings is 2. The van der Waals surface area contributed by atoms with Gasteiger partial charge < -0.3 is 19.1 Å². The Morgan fingerprint density at radius 2 is 0.963 bits per heavy atom. The standard InChI is InChI=1S/2C18H16F3N5O/c2*1-10-22-14(9-15(27)23-10)17-25-24-16-13(3-2-8-26(16)17)11-4-6-12(7-5-11)18(19,20)21/h2*4-7,9,13H,2-3,8H2,1H3,(H,22,23,27)/t2*13-/m10/s1. The van der Waals surface area contributed by atoms with E-state index in [-0.39, 0.29) is 23.0 Å². The second-order valence-electron chi connectivity index (χ2n) is 13.1. The second-order valence-corrected chi connectivity index (χ2v) is 13.1. The van der Waals surface area contributed by atoms with Crippen LogP contribution in [-0.2, 0) is 25.4 Å². The molecular formula is C36H32F6N10O2. The van der Waals surface area contributed by atoms with Crippen molar-refractivity contribution in [1.82, 2.24) is 49.5 Å². The predicted molar refractivity (Wildman–Crippen MR) is 182 cm³/mol. The van der Waals surface area contributed by atoms with Gasteiger partial charge in [-0.25, -0.2) is 9.97 Å². The Morgan fingerprint density at radius 3 is 1.30 bits per heavy atom. The molecule has 0 saturated carbocycles. The first-order valence-corrected chi connectivity index (χ1v) is 17.0. The molecule has 6 heterocycles. The lowest BCUT2D eigenvalue weighted by Gasteiger charge is -2.24. The highest BCUT2D eigenvalue weighted by molar-refractivity contribution is 5.51. The topological polar surface area (TPSA) is 153 Å². The number of nitrogens with zero attached hydrogens (tertiary/aromatic N) is 8. The van der Waals surface area contributed by atoms with E-state index in [2.05, 4.69) is 40.3 Å². The van der Waals surface area contributed by atoms with Crippen LogP contribution >= 0.6 is 0 Å². The molecule has 8 rings (SSSR count). The third kappa shape index (κ3) is 7.45. The van der Waals surface area contributed by atoms with Gasteiger partial charge in [-0.15, -0.1) is 20.4 Å². The van der Waals surface area contributed by atoms with Crippen LogP contribution in [0.4, 0.5) is 26.3 Å². The Balaban J connectivity index is 0.000000167. The molecule has 2 aliphatic heterocycles. The van der Waals surface area contributed by atoms with Crippen molar-refractivity contribution in [2.24, 2.45) is 0 Å². The van der Waals surface area contributed by atoms with Crippen molar-refractivity contribution in [3.8, 4) is 23.0 Å². The molecule has 0 radical (unpaired) electrons. The van der Waals surface area contributed by atoms with E-state index < -0.39 is 23.5 Å². The molecule has 0 fully saturated rings. The highest BCUT2D eigenvalue weighted by Crippen LogP contribution is 2.38. The highest BCUT2D eigenvalue weighted by atomic mass is 19.4. The maximum absolute atomic E-state index is 12.8. The average Bonchev–Trinajstić information content (AvgIpc) is 3.76. The Morgan fingerprint density at radius 1 is 0.593 bits per heavy atom. The lowest BCUT2D eigenvalue weighted by atomic mass is 9.90. The fourth-order valence-corrected chi connectivity index (χ4v) is 6.96. The van der Waals surface area contributed by atoms with Crippen molar-refractivity contribution in [2.75, 3.05) is 0 Å². The van der Waals surface area contributed by atoms with Crippen LogP contribution < -0.4 is 11.1 Å². The summed E-state index contributed by atoms with van der Waals surface area (Å²) in [5.74, 6) is 3.00. The number of hydrogen-bond donors (Lipinski definition) is 2. The molecule has 6 aromatic rings. The predicted octanol–water partition coefficient (Wildman–Crippen LogP) is 6.56. The molecule has 0 spiro atoms. The van der Waals surface area contributed by atoms with E-state index in [1.54, 1.807) is 13.8 Å². The van der Waals surface area contributed by atoms with E-state index in [0.29, 0.717) is 59.4 Å². The number of halogens is 6. The summed E-state index contributed by atoms with van der Waals surface area (Å²) in [5.41, 5.74) is 0.497. The van der Waals surface area contributed by atoms with Crippen LogP contribution in [0.15, 0.2) is 70.3 Å². The molecule has 2 aliphatic rings. The van der Waals surface area contributed by atoms with Gasteiger partial charge >= 0.3 is 12.4 Å². The molecule has 0 unspecified atom stereocenters. The molecule has 0 bridgehead atoms. The Bertz CT molecular complexity index is 2240. The van der Waals surface area contributed by atoms with Gasteiger partial charge in [0.25, 0.3) is 11.1 Å². The Kier molecular flexibility index (Phi) is 9.53. The van der Waals surface area contributed by atoms with Crippen LogP contribution in [0, 0.1) is 13.8 Å². The quantitative estimate of drug-likeness (QED) is 0.192. The van der Waals surface area contributed by atoms with Gasteiger partial charge in [0, 0.05) is 37.1 Å². The second kappa shape index (κ2) is 14.1. The Labute approximate surface area is 302 Å². The fraction of sp³-hybridized carbons (Fsp3) is 0.333. The third-order valence-electron chi connectivity index (χ3n) is 9.39. The van der Waals surface area contributed by atoms with Crippen molar-refractivity contribution < 1.29 is 26.3 Å². The van der Waals surface area contributed by atoms with Crippen LogP contribution in [0.25, 0.3) is 23.0 Å². The van der Waals surface area contributed by atoms with Gasteiger partial charge in [-0.05, 0) is 74.9 Å². The summed E-state index contributed by atoms with van der Waals surface area (Å²) in [7, 11) is 0. The van der Waals surface area contributed by atoms with Crippen molar-refractivity contribution in [2.45, 2.75) is 76.8 Å². The van der Waals surface area contributed by atoms with E-state index in [0.717, 1.165) is 61.1 Å². The van der Waals surface area contributed by atoms with Crippen LogP contribution in [0.3, 0.4) is 0 Å². The summed E-state index contributed by atoms with van der Waals surface area (Å²) in [5, 5.41) is 16.9. The van der Waals surface area contributed by atoms with Crippen LogP contribution in [-0.4, -0.2) is 49.5 Å². The maximum Gasteiger partial charge on any atom is 0.416 e. The van der Waals surface area contributed by atoms with Gasteiger partial charge in [0.1, 0.15) is 34.7 Å². The van der Waals surface area contributed by atoms with Crippen LogP contribution in [0.5, 0.6) is 0 Å². The van der Waals surface area contributed by atoms with Gasteiger partial charge in [0.05, 0.1) is 11.1 Å². The van der Waals surface area contributed by atoms with Gasteiger partial charge in [-0.2, -0.15) is 26.3 Å². The molecule has 4 aromatic heterocycles. The monoisotopic (exact) mass is 750 g/mol. The minimum Gasteiger partial charge on any atom is -0.311 e. The first kappa shape index (κ1) is 36.4. The van der Waals surface area contributed by atoms with Crippen molar-refractivity contribution in [3.63, 3.8) is 0 Å². The van der Waals surface area contributed by atoms with Crippen LogP contribution in [0.1, 0.15) is 83.1 Å². The van der Waals surface area contributed by atoms with Crippen molar-refractivity contribution in [1.29, 1.82) is 0 Å². The lowest BCUT2D eigenvalue weighted by Crippen LogP contribution is -2.19. The molecule has 0 amide bonds. The number of rotatable bonds is 4. The fourth-order valence-electron chi connectivity index (χ4n) is 6.96. The maximum atomic E-state index is 12.8. The molecule has 2 N–H and O–H groups in total. The van der Waals surface area contributed by atoms with E-state index >= 15 is 0 Å². The summed E-state index contributed by atoms with van der Waals surface area (Å²) in [6.45, 7) is 4.71. The lowest BCUT2D eigenvalue weighted by molar-refractivity contribution is -0.138. The summed E-state index contributed by atoms with van der Waals surface area (Å²) >= 11 is 0. The number of aryl methyl sites for hydroxylation is 2. The largest absolute Gasteiger partial charge is 0.416 e. The van der Waals surface area contributed by atoms with Crippen molar-refractivity contribution >= 4 is 0 Å². The summed E-state index contributed by atoms with van der Waals surface area (Å²) < 4.78 is 80.6. The molecule has 2 atom stereocenters. The number of aromatic amines is 2. The molecule has 0 aliphatic carbocycles. The number of H-pyrrole nitrogens is 2. The number of nitrogens with one attached hydrogen (secondary N) is 2. The normalized spacial score (nSPS) is 17.0. The number of aromatic nitrogens is 10. The average molecular weight is 751 g/mol. The van der Waals surface area contributed by atoms with E-state index in [1.807, 2.05) is 9.13 Å². The highest BCUT2D eigenvalue weighted by Gasteiger charge is 2.33. The van der Waals surface area contributed by atoms with E-state index in [9.17, 15) is 35.9 Å².